The second-order valence-electron chi connectivity index (χ2n) is 1.86. The summed E-state index contributed by atoms with van der Waals surface area (Å²) in [7, 11) is 0. The Kier molecular flexibility index (Phi) is 2.28. The summed E-state index contributed by atoms with van der Waals surface area (Å²) in [6, 6.07) is 0. The third kappa shape index (κ3) is 1.58. The number of hydrogen-bond acceptors (Lipinski definition) is 3. The lowest BCUT2D eigenvalue weighted by Gasteiger charge is -1.95. The number of hydrogen-bond donors (Lipinski definition) is 1. The van der Waals surface area contributed by atoms with Crippen LogP contribution in [0.2, 0.25) is 0 Å². The predicted molar refractivity (Wildman–Crippen MR) is 40.4 cm³/mol. The molecule has 56 valence electrons. The molecule has 1 rings (SSSR count). The predicted octanol–water partition coefficient (Wildman–Crippen LogP) is 0.324. The van der Waals surface area contributed by atoms with Gasteiger partial charge in [-0.05, 0) is 0 Å². The highest BCUT2D eigenvalue weighted by atomic mass is 16.4. The minimum Gasteiger partial charge on any atom is -0.411 e. The Morgan fingerprint density at radius 1 is 1.91 bits per heavy atom. The van der Waals surface area contributed by atoms with Gasteiger partial charge in [0.2, 0.25) is 0 Å². The Morgan fingerprint density at radius 2 is 2.73 bits per heavy atom. The van der Waals surface area contributed by atoms with E-state index in [1.807, 2.05) is 0 Å². The number of nitrogens with zero attached hydrogens (tertiary/aromatic N) is 3. The molecule has 0 bridgehead atoms. The second kappa shape index (κ2) is 3.42. The third-order valence-corrected chi connectivity index (χ3v) is 1.18. The molecule has 0 unspecified atom stereocenters. The topological polar surface area (TPSA) is 50.4 Å². The summed E-state index contributed by atoms with van der Waals surface area (Å²) in [5.41, 5.74) is 0. The molecule has 0 atom stereocenters. The van der Waals surface area contributed by atoms with Gasteiger partial charge < -0.3 is 9.77 Å². The smallest absolute Gasteiger partial charge is 0.155 e. The Hall–Kier alpha value is -1.76. The largest absolute Gasteiger partial charge is 0.411 e. The molecule has 0 amide bonds. The quantitative estimate of drug-likeness (QED) is 0.285. The van der Waals surface area contributed by atoms with E-state index in [-0.39, 0.29) is 0 Å². The average molecular weight is 149 g/mol. The van der Waals surface area contributed by atoms with Gasteiger partial charge in [-0.25, -0.2) is 4.98 Å². The van der Waals surface area contributed by atoms with Crippen molar-refractivity contribution in [2.75, 3.05) is 0 Å². The highest BCUT2D eigenvalue weighted by Crippen LogP contribution is 1.92. The molecule has 1 N–H and O–H groups in total. The molecule has 0 aliphatic carbocycles. The van der Waals surface area contributed by atoms with Crippen molar-refractivity contribution in [2.45, 2.75) is 6.54 Å². The van der Waals surface area contributed by atoms with Crippen LogP contribution in [-0.2, 0) is 6.54 Å². The van der Waals surface area contributed by atoms with E-state index < -0.39 is 0 Å². The third-order valence-electron chi connectivity index (χ3n) is 1.18. The van der Waals surface area contributed by atoms with E-state index in [9.17, 15) is 0 Å². The first-order chi connectivity index (χ1) is 5.38. The molecule has 0 aliphatic rings. The molecule has 0 radical (unpaired) electrons. The van der Waals surface area contributed by atoms with Gasteiger partial charge in [-0.1, -0.05) is 11.1 Å². The van der Waals surface area contributed by atoms with Gasteiger partial charge in [0, 0.05) is 12.4 Å². The van der Waals surface area contributed by atoms with Gasteiger partial charge in [-0.2, -0.15) is 0 Å². The van der Waals surface area contributed by atoms with Crippen LogP contribution in [0, 0.1) is 12.3 Å². The summed E-state index contributed by atoms with van der Waals surface area (Å²) in [5.74, 6) is 3.00. The minimum absolute atomic E-state index is 0.432. The summed E-state index contributed by atoms with van der Waals surface area (Å²) in [6.45, 7) is 0.432. The van der Waals surface area contributed by atoms with Crippen LogP contribution in [0.3, 0.4) is 0 Å². The molecule has 4 nitrogen and oxygen atoms in total. The zero-order chi connectivity index (χ0) is 8.10. The van der Waals surface area contributed by atoms with Crippen molar-refractivity contribution in [3.05, 3.63) is 18.2 Å². The minimum atomic E-state index is 0.432. The van der Waals surface area contributed by atoms with Crippen molar-refractivity contribution in [1.82, 2.24) is 9.55 Å². The van der Waals surface area contributed by atoms with Gasteiger partial charge in [0.1, 0.15) is 6.21 Å². The standard InChI is InChI=1S/C7H7N3O/c1-2-4-10-5-3-8-7(10)6-9-11/h1,3,5-6,11H,4H2/b9-6-. The van der Waals surface area contributed by atoms with Crippen LogP contribution in [0.5, 0.6) is 0 Å². The van der Waals surface area contributed by atoms with E-state index in [0.29, 0.717) is 12.4 Å². The van der Waals surface area contributed by atoms with Gasteiger partial charge in [0.25, 0.3) is 0 Å². The van der Waals surface area contributed by atoms with E-state index in [0.717, 1.165) is 0 Å². The zero-order valence-corrected chi connectivity index (χ0v) is 5.81. The molecule has 11 heavy (non-hydrogen) atoms. The summed E-state index contributed by atoms with van der Waals surface area (Å²) >= 11 is 0. The molecule has 0 spiro atoms. The first-order valence-corrected chi connectivity index (χ1v) is 3.00. The summed E-state index contributed by atoms with van der Waals surface area (Å²) in [4.78, 5) is 3.88. The highest BCUT2D eigenvalue weighted by Gasteiger charge is 1.95. The van der Waals surface area contributed by atoms with Crippen molar-refractivity contribution in [3.8, 4) is 12.3 Å². The molecule has 1 aromatic rings. The van der Waals surface area contributed by atoms with E-state index in [1.54, 1.807) is 17.0 Å². The highest BCUT2D eigenvalue weighted by molar-refractivity contribution is 5.74. The van der Waals surface area contributed by atoms with Gasteiger partial charge >= 0.3 is 0 Å². The van der Waals surface area contributed by atoms with Crippen molar-refractivity contribution in [1.29, 1.82) is 0 Å². The van der Waals surface area contributed by atoms with E-state index >= 15 is 0 Å². The zero-order valence-electron chi connectivity index (χ0n) is 5.81. The van der Waals surface area contributed by atoms with Crippen LogP contribution in [0.4, 0.5) is 0 Å². The lowest BCUT2D eigenvalue weighted by Crippen LogP contribution is -2.00. The summed E-state index contributed by atoms with van der Waals surface area (Å²) < 4.78 is 1.69. The Balaban J connectivity index is 2.88. The number of oxime groups is 1. The molecular formula is C7H7N3O. The van der Waals surface area contributed by atoms with Crippen LogP contribution in [0.15, 0.2) is 17.5 Å². The van der Waals surface area contributed by atoms with Gasteiger partial charge in [-0.15, -0.1) is 6.42 Å². The van der Waals surface area contributed by atoms with E-state index in [4.69, 9.17) is 11.6 Å². The fourth-order valence-electron chi connectivity index (χ4n) is 0.732. The van der Waals surface area contributed by atoms with E-state index in [2.05, 4.69) is 16.1 Å². The van der Waals surface area contributed by atoms with Crippen molar-refractivity contribution in [3.63, 3.8) is 0 Å². The summed E-state index contributed by atoms with van der Waals surface area (Å²) in [5, 5.41) is 11.0. The molecule has 0 saturated heterocycles. The van der Waals surface area contributed by atoms with Gasteiger partial charge in [0.05, 0.1) is 6.54 Å². The number of rotatable bonds is 2. The molecule has 0 aliphatic heterocycles. The van der Waals surface area contributed by atoms with E-state index in [1.165, 1.54) is 6.21 Å². The molecule has 0 saturated carbocycles. The van der Waals surface area contributed by atoms with Gasteiger partial charge in [-0.3, -0.25) is 0 Å². The lowest BCUT2D eigenvalue weighted by molar-refractivity contribution is 0.321. The number of terminal acetylenes is 1. The normalized spacial score (nSPS) is 10.1. The summed E-state index contributed by atoms with van der Waals surface area (Å²) in [6.07, 6.45) is 9.62. The van der Waals surface area contributed by atoms with Crippen molar-refractivity contribution in [2.24, 2.45) is 5.16 Å². The van der Waals surface area contributed by atoms with Crippen LogP contribution in [0.1, 0.15) is 5.82 Å². The second-order valence-corrected chi connectivity index (χ2v) is 1.86. The Labute approximate surface area is 64.2 Å². The maximum atomic E-state index is 8.20. The molecule has 0 aromatic carbocycles. The fraction of sp³-hybridized carbons (Fsp3) is 0.143. The first-order valence-electron chi connectivity index (χ1n) is 3.00. The molecule has 4 heteroatoms. The maximum absolute atomic E-state index is 8.20. The molecular weight excluding hydrogens is 142 g/mol. The SMILES string of the molecule is C#CCn1ccnc1/C=N\O. The monoisotopic (exact) mass is 149 g/mol. The first kappa shape index (κ1) is 7.35. The Bertz CT molecular complexity index is 295. The molecule has 1 aromatic heterocycles. The Morgan fingerprint density at radius 3 is 3.36 bits per heavy atom. The number of aromatic nitrogens is 2. The lowest BCUT2D eigenvalue weighted by atomic mass is 10.6. The van der Waals surface area contributed by atoms with Crippen LogP contribution in [-0.4, -0.2) is 21.0 Å². The number of imidazole rings is 1. The van der Waals surface area contributed by atoms with Crippen molar-refractivity contribution >= 4 is 6.21 Å². The molecule has 1 heterocycles. The van der Waals surface area contributed by atoms with Gasteiger partial charge in [0.15, 0.2) is 5.82 Å². The van der Waals surface area contributed by atoms with Crippen LogP contribution >= 0.6 is 0 Å². The fourth-order valence-corrected chi connectivity index (χ4v) is 0.732. The molecule has 0 fully saturated rings. The van der Waals surface area contributed by atoms with Crippen LogP contribution < -0.4 is 0 Å². The average Bonchev–Trinajstić information content (AvgIpc) is 2.39. The van der Waals surface area contributed by atoms with Crippen molar-refractivity contribution < 1.29 is 5.21 Å². The maximum Gasteiger partial charge on any atom is 0.155 e. The van der Waals surface area contributed by atoms with Crippen LogP contribution in [0.25, 0.3) is 0 Å².